The number of cyclic esters (lactones) is 1. The average molecular weight is 836 g/mol. The van der Waals surface area contributed by atoms with Crippen LogP contribution >= 0.6 is 0 Å². The second-order valence-corrected chi connectivity index (χ2v) is 17.9. The van der Waals surface area contributed by atoms with Crippen molar-refractivity contribution in [2.75, 3.05) is 19.8 Å². The molecule has 2 bridgehead atoms. The molecule has 7 atom stereocenters. The van der Waals surface area contributed by atoms with Crippen molar-refractivity contribution < 1.29 is 70.1 Å². The molecular weight excluding hydrogens is 793 g/mol. The molecule has 2 heterocycles. The number of nitrogens with zero attached hydrogens (tertiary/aromatic N) is 1. The predicted octanol–water partition coefficient (Wildman–Crippen LogP) is 3.77. The summed E-state index contributed by atoms with van der Waals surface area (Å²) in [6.07, 6.45) is 0.197. The first kappa shape index (κ1) is 41.3. The first-order valence-electron chi connectivity index (χ1n) is 19.1. The van der Waals surface area contributed by atoms with Crippen molar-refractivity contribution in [3.63, 3.8) is 0 Å². The molecule has 4 aliphatic rings. The topological polar surface area (TPSA) is 235 Å². The number of carbonyl (C=O) groups excluding carboxylic acids is 6. The van der Waals surface area contributed by atoms with Crippen LogP contribution in [0.5, 0.6) is 5.88 Å². The number of aldehydes is 1. The molecule has 17 nitrogen and oxygen atoms in total. The number of hydrogen-bond acceptors (Lipinski definition) is 15. The maximum Gasteiger partial charge on any atom is 0.404 e. The minimum atomic E-state index is -4.29. The Hall–Kier alpha value is -5.91. The van der Waals surface area contributed by atoms with Crippen LogP contribution in [0, 0.1) is 38.9 Å². The molecule has 1 aromatic heterocycles. The van der Waals surface area contributed by atoms with Crippen LogP contribution in [0.1, 0.15) is 73.6 Å². The number of hydrogen-bond donors (Lipinski definition) is 1. The highest BCUT2D eigenvalue weighted by Gasteiger charge is 2.79. The Morgan fingerprint density at radius 2 is 1.64 bits per heavy atom. The van der Waals surface area contributed by atoms with Gasteiger partial charge in [-0.15, -0.1) is 0 Å². The molecule has 4 fully saturated rings. The third-order valence-electron chi connectivity index (χ3n) is 12.4. The number of aromatic nitrogens is 2. The molecule has 1 N–H and O–H groups in total. The lowest BCUT2D eigenvalue weighted by Crippen LogP contribution is -2.71. The molecule has 7 rings (SSSR count). The molecule has 1 aliphatic heterocycles. The lowest BCUT2D eigenvalue weighted by molar-refractivity contribution is -0.744. The molecule has 59 heavy (non-hydrogen) atoms. The van der Waals surface area contributed by atoms with Gasteiger partial charge in [0.05, 0.1) is 34.7 Å². The summed E-state index contributed by atoms with van der Waals surface area (Å²) in [7, 11) is -4.29. The smallest absolute Gasteiger partial charge is 0.404 e. The lowest BCUT2D eigenvalue weighted by atomic mass is 9.43. The third-order valence-corrected chi connectivity index (χ3v) is 14.2. The van der Waals surface area contributed by atoms with Gasteiger partial charge in [0.1, 0.15) is 25.1 Å². The van der Waals surface area contributed by atoms with Crippen molar-refractivity contribution in [3.8, 4) is 5.88 Å². The number of H-pyrrole nitrogens is 1. The van der Waals surface area contributed by atoms with E-state index in [-0.39, 0.29) is 52.4 Å². The van der Waals surface area contributed by atoms with Crippen LogP contribution in [0.3, 0.4) is 0 Å². The number of aromatic amines is 1. The van der Waals surface area contributed by atoms with Gasteiger partial charge < -0.3 is 28.5 Å². The first-order chi connectivity index (χ1) is 28.0. The molecule has 3 aliphatic carbocycles. The second-order valence-electron chi connectivity index (χ2n) is 16.0. The van der Waals surface area contributed by atoms with Gasteiger partial charge in [-0.2, -0.15) is 0 Å². The van der Waals surface area contributed by atoms with E-state index in [0.717, 1.165) is 6.29 Å². The van der Waals surface area contributed by atoms with Gasteiger partial charge >= 0.3 is 34.8 Å². The van der Waals surface area contributed by atoms with Crippen LogP contribution in [0.15, 0.2) is 81.3 Å². The van der Waals surface area contributed by atoms with Crippen LogP contribution in [0.4, 0.5) is 0 Å². The molecule has 0 radical (unpaired) electrons. The van der Waals surface area contributed by atoms with Crippen molar-refractivity contribution in [3.05, 3.63) is 82.8 Å². The summed E-state index contributed by atoms with van der Waals surface area (Å²) in [5, 5.41) is 1.35. The third kappa shape index (κ3) is 6.66. The van der Waals surface area contributed by atoms with E-state index < -0.39 is 96.6 Å². The molecule has 1 saturated heterocycles. The van der Waals surface area contributed by atoms with E-state index >= 15 is 0 Å². The Bertz CT molecular complexity index is 2380. The molecule has 0 amide bonds. The quantitative estimate of drug-likeness (QED) is 0.0683. The Morgan fingerprint density at radius 1 is 0.966 bits per heavy atom. The molecule has 2 spiro atoms. The van der Waals surface area contributed by atoms with Crippen LogP contribution in [-0.2, 0) is 48.0 Å². The Labute approximate surface area is 337 Å². The number of carbonyl (C=O) groups is 6. The number of benzene rings is 2. The molecule has 3 saturated carbocycles. The highest BCUT2D eigenvalue weighted by Crippen LogP contribution is 2.68. The summed E-state index contributed by atoms with van der Waals surface area (Å²) < 4.78 is 58.8. The molecule has 3 aromatic rings. The Balaban J connectivity index is 1.03. The van der Waals surface area contributed by atoms with Gasteiger partial charge in [0, 0.05) is 25.2 Å². The molecule has 2 aromatic carbocycles. The van der Waals surface area contributed by atoms with Gasteiger partial charge in [0.25, 0.3) is 9.84 Å². The van der Waals surface area contributed by atoms with Crippen molar-refractivity contribution in [2.45, 2.75) is 75.0 Å². The van der Waals surface area contributed by atoms with E-state index in [0.29, 0.717) is 25.7 Å². The first-order valence-corrected chi connectivity index (χ1v) is 20.6. The Morgan fingerprint density at radius 3 is 2.31 bits per heavy atom. The normalized spacial score (nSPS) is 28.3. The summed E-state index contributed by atoms with van der Waals surface area (Å²) in [4.78, 5) is 92.4. The minimum absolute atomic E-state index is 0.000385. The van der Waals surface area contributed by atoms with E-state index in [1.54, 1.807) is 6.07 Å². The average Bonchev–Trinajstić information content (AvgIpc) is 3.64. The number of sulfone groups is 1. The van der Waals surface area contributed by atoms with Crippen molar-refractivity contribution >= 4 is 45.8 Å². The van der Waals surface area contributed by atoms with Crippen LogP contribution in [0.2, 0.25) is 0 Å². The summed E-state index contributed by atoms with van der Waals surface area (Å²) in [6, 6.07) is 12.5. The van der Waals surface area contributed by atoms with Crippen LogP contribution in [-0.4, -0.2) is 81.5 Å². The van der Waals surface area contributed by atoms with Gasteiger partial charge in [0.15, 0.2) is 11.2 Å². The minimum Gasteiger partial charge on any atom is -0.464 e. The standard InChI is InChI=1S/C41H43N2O15S/c1-23-28-15-16-29-40(30(21-44)39(3,4)18-17-31(40)56-24(2)45)22-55-38(49)41(29,32(23)46)33(28)57-37(48)26-13-11-25(12-14-26)36(47)54-20-8-19-53-34-35(43(50)58-42-34)59(51,52)27-9-6-5-7-10-27/h5-7,9-14,21,28-31,33,42H,1,8,15-20,22H2,2-4H3/q+1/t28-,29-,30+,31-,33+,40-,41-/m0/s1. The van der Waals surface area contributed by atoms with E-state index in [1.807, 2.05) is 13.8 Å². The zero-order valence-corrected chi connectivity index (χ0v) is 33.3. The van der Waals surface area contributed by atoms with Crippen molar-refractivity contribution in [1.29, 1.82) is 0 Å². The highest BCUT2D eigenvalue weighted by molar-refractivity contribution is 7.91. The van der Waals surface area contributed by atoms with Gasteiger partial charge in [-0.3, -0.25) is 14.4 Å². The number of nitrogens with one attached hydrogen (secondary N) is 1. The zero-order chi connectivity index (χ0) is 42.5. The van der Waals surface area contributed by atoms with Crippen molar-refractivity contribution in [2.24, 2.45) is 34.0 Å². The van der Waals surface area contributed by atoms with E-state index in [4.69, 9.17) is 23.7 Å². The monoisotopic (exact) mass is 835 g/mol. The fourth-order valence-corrected chi connectivity index (χ4v) is 11.1. The number of ketones is 1. The predicted molar refractivity (Wildman–Crippen MR) is 199 cm³/mol. The Kier molecular flexibility index (Phi) is 10.7. The van der Waals surface area contributed by atoms with E-state index in [9.17, 15) is 42.1 Å². The maximum absolute atomic E-state index is 14.3. The number of Topliss-reactive ketones (excluding diaryl/α,β-unsaturated/α-hetero) is 1. The summed E-state index contributed by atoms with van der Waals surface area (Å²) >= 11 is 0. The fourth-order valence-electron chi connectivity index (χ4n) is 9.79. The van der Waals surface area contributed by atoms with Crippen LogP contribution < -0.4 is 9.34 Å². The molecule has 312 valence electrons. The number of rotatable bonds is 12. The SMILES string of the molecule is C=C1C(=O)[C@@]23C(=O)OC[C@]4([C@@H](OC(C)=O)CCC(C)(C)[C@H]4C=O)[C@@H]2CC[C@@H]1[C@H]3OC(=O)c1ccc(C(=O)OCCCOc2[nH]o[n+](=O)c2S(=O)(=O)c2ccccc2)cc1. The van der Waals surface area contributed by atoms with Gasteiger partial charge in [-0.05, 0) is 89.1 Å². The second kappa shape index (κ2) is 15.4. The molecular formula is C41H43N2O15S+. The largest absolute Gasteiger partial charge is 0.464 e. The van der Waals surface area contributed by atoms with E-state index in [1.165, 1.54) is 55.5 Å². The van der Waals surface area contributed by atoms with Gasteiger partial charge in [0.2, 0.25) is 4.60 Å². The van der Waals surface area contributed by atoms with E-state index in [2.05, 4.69) is 16.4 Å². The number of esters is 4. The van der Waals surface area contributed by atoms with Crippen LogP contribution in [0.25, 0.3) is 0 Å². The highest BCUT2D eigenvalue weighted by atomic mass is 32.2. The number of fused-ring (bicyclic) bond motifs is 2. The van der Waals surface area contributed by atoms with Gasteiger partial charge in [-0.25, -0.2) is 18.0 Å². The lowest BCUT2D eigenvalue weighted by Gasteiger charge is -2.62. The fraction of sp³-hybridized carbons (Fsp3) is 0.463. The summed E-state index contributed by atoms with van der Waals surface area (Å²) in [5.74, 6) is -6.54. The molecule has 0 unspecified atom stereocenters. The van der Waals surface area contributed by atoms with Crippen molar-refractivity contribution in [1.82, 2.24) is 5.16 Å². The van der Waals surface area contributed by atoms with Gasteiger partial charge in [-0.1, -0.05) is 43.3 Å². The zero-order valence-electron chi connectivity index (χ0n) is 32.5. The summed E-state index contributed by atoms with van der Waals surface area (Å²) in [5.41, 5.74) is -3.74. The number of ether oxygens (including phenoxy) is 5. The molecule has 18 heteroatoms. The summed E-state index contributed by atoms with van der Waals surface area (Å²) in [6.45, 7) is 8.49. The maximum atomic E-state index is 14.3.